The first-order chi connectivity index (χ1) is 6.00. The van der Waals surface area contributed by atoms with Crippen LogP contribution < -0.4 is 0 Å². The van der Waals surface area contributed by atoms with Crippen LogP contribution in [0.3, 0.4) is 0 Å². The predicted molar refractivity (Wildman–Crippen MR) is 66.0 cm³/mol. The van der Waals surface area contributed by atoms with Gasteiger partial charge in [0.1, 0.15) is 0 Å². The Kier molecular flexibility index (Phi) is 6.27. The zero-order chi connectivity index (χ0) is 10.5. The van der Waals surface area contributed by atoms with Crippen LogP contribution in [0.4, 0.5) is 0 Å². The van der Waals surface area contributed by atoms with Crippen LogP contribution in [0.2, 0.25) is 0 Å². The molecule has 78 valence electrons. The van der Waals surface area contributed by atoms with Crippen molar-refractivity contribution in [2.45, 2.75) is 32.4 Å². The summed E-state index contributed by atoms with van der Waals surface area (Å²) in [7, 11) is 1.80. The minimum Gasteiger partial charge on any atom is -0.312 e. The number of amides is 1. The van der Waals surface area contributed by atoms with E-state index in [1.54, 1.807) is 23.1 Å². The second-order valence-corrected chi connectivity index (χ2v) is 11.5. The Morgan fingerprint density at radius 3 is 2.46 bits per heavy atom. The lowest BCUT2D eigenvalue weighted by molar-refractivity contribution is -0.113. The van der Waals surface area contributed by atoms with Gasteiger partial charge >= 0.3 is 0 Å². The molecular weight excluding hydrogens is 221 g/mol. The second-order valence-electron chi connectivity index (χ2n) is 2.96. The van der Waals surface area contributed by atoms with Crippen molar-refractivity contribution in [3.8, 4) is 0 Å². The van der Waals surface area contributed by atoms with Crippen molar-refractivity contribution in [3.63, 3.8) is 0 Å². The molecule has 0 aliphatic heterocycles. The molecule has 5 heteroatoms. The summed E-state index contributed by atoms with van der Waals surface area (Å²) >= 11 is 7.34. The standard InChI is InChI=1S/C8H18NOPS2/c1-5-8(3)13-11(12,6-2)9(4)7-10/h7-8H,5-6H2,1-4H3. The van der Waals surface area contributed by atoms with E-state index < -0.39 is 5.39 Å². The molecule has 0 saturated heterocycles. The fraction of sp³-hybridized carbons (Fsp3) is 0.875. The molecule has 1 amide bonds. The molecule has 0 fully saturated rings. The maximum atomic E-state index is 10.7. The summed E-state index contributed by atoms with van der Waals surface area (Å²) in [5.74, 6) is 0. The molecule has 0 aromatic rings. The summed E-state index contributed by atoms with van der Waals surface area (Å²) in [6, 6.07) is 0. The quantitative estimate of drug-likeness (QED) is 0.525. The molecule has 0 bridgehead atoms. The van der Waals surface area contributed by atoms with Gasteiger partial charge in [-0.25, -0.2) is 0 Å². The van der Waals surface area contributed by atoms with Crippen LogP contribution in [0.5, 0.6) is 0 Å². The van der Waals surface area contributed by atoms with Crippen molar-refractivity contribution in [2.24, 2.45) is 0 Å². The average molecular weight is 239 g/mol. The fourth-order valence-corrected chi connectivity index (χ4v) is 6.98. The second kappa shape index (κ2) is 6.05. The third-order valence-corrected chi connectivity index (χ3v) is 10.8. The average Bonchev–Trinajstić information content (AvgIpc) is 2.15. The van der Waals surface area contributed by atoms with Crippen LogP contribution in [0.25, 0.3) is 0 Å². The van der Waals surface area contributed by atoms with Gasteiger partial charge in [0.15, 0.2) is 0 Å². The highest BCUT2D eigenvalue weighted by Gasteiger charge is 2.22. The van der Waals surface area contributed by atoms with Crippen LogP contribution in [0.15, 0.2) is 0 Å². The van der Waals surface area contributed by atoms with E-state index in [0.29, 0.717) is 5.25 Å². The molecule has 2 atom stereocenters. The van der Waals surface area contributed by atoms with E-state index >= 15 is 0 Å². The number of hydrogen-bond donors (Lipinski definition) is 0. The zero-order valence-electron chi connectivity index (χ0n) is 8.69. The SMILES string of the molecule is CCC(C)SP(=S)(CC)N(C)C=O. The van der Waals surface area contributed by atoms with Gasteiger partial charge in [0.2, 0.25) is 6.41 Å². The van der Waals surface area contributed by atoms with Crippen LogP contribution in [0, 0.1) is 0 Å². The number of hydrogen-bond acceptors (Lipinski definition) is 3. The van der Waals surface area contributed by atoms with E-state index in [-0.39, 0.29) is 0 Å². The highest BCUT2D eigenvalue weighted by molar-refractivity contribution is 8.70. The molecule has 0 radical (unpaired) electrons. The number of rotatable bonds is 6. The first-order valence-corrected chi connectivity index (χ1v) is 8.88. The van der Waals surface area contributed by atoms with Crippen LogP contribution in [-0.2, 0) is 16.6 Å². The molecule has 0 aliphatic carbocycles. The molecule has 2 unspecified atom stereocenters. The van der Waals surface area contributed by atoms with Gasteiger partial charge in [-0.1, -0.05) is 32.6 Å². The number of carbonyl (C=O) groups excluding carboxylic acids is 1. The normalized spacial score (nSPS) is 17.5. The largest absolute Gasteiger partial charge is 0.312 e. The summed E-state index contributed by atoms with van der Waals surface area (Å²) in [4.78, 5) is 10.7. The predicted octanol–water partition coefficient (Wildman–Crippen LogP) is 2.94. The Morgan fingerprint density at radius 2 is 2.15 bits per heavy atom. The van der Waals surface area contributed by atoms with Crippen LogP contribution in [-0.4, -0.2) is 29.5 Å². The van der Waals surface area contributed by atoms with E-state index in [0.717, 1.165) is 19.0 Å². The Morgan fingerprint density at radius 1 is 1.62 bits per heavy atom. The monoisotopic (exact) mass is 239 g/mol. The smallest absolute Gasteiger partial charge is 0.213 e. The fourth-order valence-electron chi connectivity index (χ4n) is 0.799. The molecule has 0 aliphatic rings. The highest BCUT2D eigenvalue weighted by Crippen LogP contribution is 2.62. The maximum Gasteiger partial charge on any atom is 0.213 e. The molecule has 0 N–H and O–H groups in total. The van der Waals surface area contributed by atoms with Gasteiger partial charge < -0.3 is 4.67 Å². The van der Waals surface area contributed by atoms with Gasteiger partial charge in [0.25, 0.3) is 0 Å². The third kappa shape index (κ3) is 4.01. The van der Waals surface area contributed by atoms with Gasteiger partial charge in [-0.15, -0.1) is 11.4 Å². The van der Waals surface area contributed by atoms with E-state index in [4.69, 9.17) is 11.8 Å². The van der Waals surface area contributed by atoms with Gasteiger partial charge in [-0.3, -0.25) is 4.79 Å². The van der Waals surface area contributed by atoms with Crippen molar-refractivity contribution in [1.29, 1.82) is 0 Å². The minimum atomic E-state index is -1.65. The molecule has 0 saturated carbocycles. The lowest BCUT2D eigenvalue weighted by Gasteiger charge is -2.29. The lowest BCUT2D eigenvalue weighted by atomic mass is 10.4. The van der Waals surface area contributed by atoms with Crippen molar-refractivity contribution >= 4 is 35.0 Å². The first-order valence-electron chi connectivity index (χ1n) is 4.46. The Bertz CT molecular complexity index is 210. The molecule has 13 heavy (non-hydrogen) atoms. The third-order valence-electron chi connectivity index (χ3n) is 1.95. The van der Waals surface area contributed by atoms with Crippen LogP contribution >= 0.6 is 16.8 Å². The van der Waals surface area contributed by atoms with Gasteiger partial charge in [0, 0.05) is 12.3 Å². The Labute approximate surface area is 90.3 Å². The van der Waals surface area contributed by atoms with Gasteiger partial charge in [-0.05, 0) is 12.6 Å². The molecular formula is C8H18NOPS2. The highest BCUT2D eigenvalue weighted by atomic mass is 32.9. The number of carbonyl (C=O) groups is 1. The maximum absolute atomic E-state index is 10.7. The number of nitrogens with zero attached hydrogens (tertiary/aromatic N) is 1. The molecule has 0 rings (SSSR count). The molecule has 2 nitrogen and oxygen atoms in total. The first kappa shape index (κ1) is 13.5. The van der Waals surface area contributed by atoms with Gasteiger partial charge in [0.05, 0.1) is 5.39 Å². The lowest BCUT2D eigenvalue weighted by Crippen LogP contribution is -2.13. The van der Waals surface area contributed by atoms with Crippen molar-refractivity contribution in [2.75, 3.05) is 13.2 Å². The van der Waals surface area contributed by atoms with Crippen molar-refractivity contribution in [3.05, 3.63) is 0 Å². The molecule has 0 heterocycles. The summed E-state index contributed by atoms with van der Waals surface area (Å²) < 4.78 is 1.69. The molecule has 0 spiro atoms. The summed E-state index contributed by atoms with van der Waals surface area (Å²) in [6.07, 6.45) is 2.88. The van der Waals surface area contributed by atoms with Crippen LogP contribution in [0.1, 0.15) is 27.2 Å². The topological polar surface area (TPSA) is 20.3 Å². The van der Waals surface area contributed by atoms with E-state index in [2.05, 4.69) is 20.8 Å². The summed E-state index contributed by atoms with van der Waals surface area (Å²) in [5.41, 5.74) is 0. The summed E-state index contributed by atoms with van der Waals surface area (Å²) in [6.45, 7) is 6.38. The van der Waals surface area contributed by atoms with Crippen molar-refractivity contribution in [1.82, 2.24) is 4.67 Å². The molecule has 0 aromatic carbocycles. The van der Waals surface area contributed by atoms with E-state index in [1.807, 2.05) is 0 Å². The van der Waals surface area contributed by atoms with E-state index in [1.165, 1.54) is 0 Å². The Balaban J connectivity index is 4.45. The van der Waals surface area contributed by atoms with Crippen molar-refractivity contribution < 1.29 is 4.79 Å². The minimum absolute atomic E-state index is 0.549. The molecule has 0 aromatic heterocycles. The Hall–Kier alpha value is 0.470. The zero-order valence-corrected chi connectivity index (χ0v) is 11.2. The van der Waals surface area contributed by atoms with Gasteiger partial charge in [-0.2, -0.15) is 0 Å². The summed E-state index contributed by atoms with van der Waals surface area (Å²) in [5, 5.41) is -1.10. The van der Waals surface area contributed by atoms with E-state index in [9.17, 15) is 4.79 Å².